The van der Waals surface area contributed by atoms with Gasteiger partial charge in [0.05, 0.1) is 11.8 Å². The number of amides is 2. The normalized spacial score (nSPS) is 11.4. The number of carbonyl (C=O) groups excluding carboxylic acids is 2. The van der Waals surface area contributed by atoms with E-state index >= 15 is 0 Å². The molecule has 1 atom stereocenters. The van der Waals surface area contributed by atoms with Crippen LogP contribution in [0.5, 0.6) is 5.75 Å². The molecular formula is C18H21N3O4. The zero-order valence-corrected chi connectivity index (χ0v) is 14.2. The number of rotatable bonds is 6. The molecule has 0 unspecified atom stereocenters. The topological polar surface area (TPSA) is 91.8 Å². The van der Waals surface area contributed by atoms with Crippen LogP contribution in [0, 0.1) is 0 Å². The highest BCUT2D eigenvalue weighted by molar-refractivity contribution is 5.94. The Morgan fingerprint density at radius 3 is 2.68 bits per heavy atom. The Morgan fingerprint density at radius 1 is 1.28 bits per heavy atom. The molecule has 1 heterocycles. The van der Waals surface area contributed by atoms with E-state index in [0.29, 0.717) is 0 Å². The fourth-order valence-electron chi connectivity index (χ4n) is 2.27. The van der Waals surface area contributed by atoms with Gasteiger partial charge in [-0.05, 0) is 18.6 Å². The molecule has 2 N–H and O–H groups in total. The maximum Gasteiger partial charge on any atom is 0.407 e. The zero-order chi connectivity index (χ0) is 18.2. The van der Waals surface area contributed by atoms with Gasteiger partial charge >= 0.3 is 6.09 Å². The summed E-state index contributed by atoms with van der Waals surface area (Å²) in [5, 5.41) is 12.1. The lowest BCUT2D eigenvalue weighted by atomic mass is 10.2. The number of nitrogens with zero attached hydrogens (tertiary/aromatic N) is 2. The quantitative estimate of drug-likeness (QED) is 0.839. The van der Waals surface area contributed by atoms with Gasteiger partial charge in [0.15, 0.2) is 0 Å². The number of nitrogens with one attached hydrogen (secondary N) is 1. The predicted octanol–water partition coefficient (Wildman–Crippen LogP) is 2.17. The maximum absolute atomic E-state index is 12.3. The molecule has 0 aliphatic rings. The van der Waals surface area contributed by atoms with Crippen molar-refractivity contribution in [2.75, 3.05) is 13.6 Å². The van der Waals surface area contributed by atoms with Gasteiger partial charge in [-0.2, -0.15) is 0 Å². The van der Waals surface area contributed by atoms with Crippen LogP contribution >= 0.6 is 0 Å². The van der Waals surface area contributed by atoms with Gasteiger partial charge in [0, 0.05) is 25.8 Å². The SMILES string of the molecule is C[C@H](CN(C)C(=O)c1cncc(O)c1)NC(=O)OCc1ccccc1. The number of pyridine rings is 1. The largest absolute Gasteiger partial charge is 0.506 e. The molecule has 132 valence electrons. The second-order valence-electron chi connectivity index (χ2n) is 5.72. The van der Waals surface area contributed by atoms with Gasteiger partial charge in [0.25, 0.3) is 5.91 Å². The molecule has 1 aromatic carbocycles. The van der Waals surface area contributed by atoms with Crippen molar-refractivity contribution in [3.05, 3.63) is 59.9 Å². The summed E-state index contributed by atoms with van der Waals surface area (Å²) in [7, 11) is 1.61. The van der Waals surface area contributed by atoms with Crippen LogP contribution in [0.15, 0.2) is 48.8 Å². The lowest BCUT2D eigenvalue weighted by Crippen LogP contribution is -2.42. The Hall–Kier alpha value is -3.09. The van der Waals surface area contributed by atoms with E-state index in [9.17, 15) is 14.7 Å². The standard InChI is InChI=1S/C18H21N3O4/c1-13(20-18(24)25-12-14-6-4-3-5-7-14)11-21(2)17(23)15-8-16(22)10-19-9-15/h3-10,13,22H,11-12H2,1-2H3,(H,20,24)/t13-/m1/s1. The zero-order valence-electron chi connectivity index (χ0n) is 14.2. The van der Waals surface area contributed by atoms with Crippen LogP contribution in [0.4, 0.5) is 4.79 Å². The summed E-state index contributed by atoms with van der Waals surface area (Å²) in [5.74, 6) is -0.371. The van der Waals surface area contributed by atoms with E-state index in [1.165, 1.54) is 23.4 Å². The third-order valence-electron chi connectivity index (χ3n) is 3.44. The second kappa shape index (κ2) is 8.68. The minimum absolute atomic E-state index is 0.0742. The molecule has 25 heavy (non-hydrogen) atoms. The minimum atomic E-state index is -0.545. The molecule has 0 saturated carbocycles. The van der Waals surface area contributed by atoms with Crippen LogP contribution in [0.3, 0.4) is 0 Å². The summed E-state index contributed by atoms with van der Waals surface area (Å²) in [4.78, 5) is 29.3. The van der Waals surface area contributed by atoms with Crippen molar-refractivity contribution in [2.45, 2.75) is 19.6 Å². The van der Waals surface area contributed by atoms with E-state index in [1.54, 1.807) is 14.0 Å². The van der Waals surface area contributed by atoms with Crippen LogP contribution in [0.2, 0.25) is 0 Å². The molecule has 1 aromatic heterocycles. The smallest absolute Gasteiger partial charge is 0.407 e. The van der Waals surface area contributed by atoms with Gasteiger partial charge in [-0.3, -0.25) is 9.78 Å². The number of hydrogen-bond acceptors (Lipinski definition) is 5. The van der Waals surface area contributed by atoms with Crippen LogP contribution in [-0.4, -0.2) is 46.6 Å². The molecule has 2 rings (SSSR count). The molecule has 0 saturated heterocycles. The molecule has 0 fully saturated rings. The minimum Gasteiger partial charge on any atom is -0.506 e. The molecule has 0 spiro atoms. The Balaban J connectivity index is 1.79. The molecule has 0 aliphatic carbocycles. The van der Waals surface area contributed by atoms with Gasteiger partial charge in [-0.25, -0.2) is 4.79 Å². The van der Waals surface area contributed by atoms with E-state index in [1.807, 2.05) is 30.3 Å². The van der Waals surface area contributed by atoms with Crippen molar-refractivity contribution >= 4 is 12.0 Å². The average Bonchev–Trinajstić information content (AvgIpc) is 2.60. The average molecular weight is 343 g/mol. The van der Waals surface area contributed by atoms with Crippen molar-refractivity contribution in [1.82, 2.24) is 15.2 Å². The van der Waals surface area contributed by atoms with Crippen LogP contribution in [-0.2, 0) is 11.3 Å². The number of aromatic hydroxyl groups is 1. The molecular weight excluding hydrogens is 322 g/mol. The van der Waals surface area contributed by atoms with E-state index in [4.69, 9.17) is 4.74 Å². The predicted molar refractivity (Wildman–Crippen MR) is 92.1 cm³/mol. The second-order valence-corrected chi connectivity index (χ2v) is 5.72. The van der Waals surface area contributed by atoms with E-state index in [0.717, 1.165) is 5.56 Å². The van der Waals surface area contributed by atoms with Gasteiger partial charge < -0.3 is 20.1 Å². The Labute approximate surface area is 146 Å². The number of aromatic nitrogens is 1. The van der Waals surface area contributed by atoms with Crippen molar-refractivity contribution in [3.8, 4) is 5.75 Å². The number of likely N-dealkylation sites (N-methyl/N-ethyl adjacent to an activating group) is 1. The third-order valence-corrected chi connectivity index (χ3v) is 3.44. The summed E-state index contributed by atoms with van der Waals surface area (Å²) in [5.41, 5.74) is 1.18. The number of carbonyl (C=O) groups is 2. The monoisotopic (exact) mass is 343 g/mol. The highest BCUT2D eigenvalue weighted by Gasteiger charge is 2.17. The molecule has 0 radical (unpaired) electrons. The van der Waals surface area contributed by atoms with E-state index < -0.39 is 6.09 Å². The molecule has 7 nitrogen and oxygen atoms in total. The molecule has 0 aliphatic heterocycles. The first-order valence-corrected chi connectivity index (χ1v) is 7.82. The van der Waals surface area contributed by atoms with Gasteiger partial charge in [-0.15, -0.1) is 0 Å². The number of hydrogen-bond donors (Lipinski definition) is 2. The molecule has 2 amide bonds. The fourth-order valence-corrected chi connectivity index (χ4v) is 2.27. The molecule has 7 heteroatoms. The van der Waals surface area contributed by atoms with Crippen LogP contribution in [0.1, 0.15) is 22.8 Å². The summed E-state index contributed by atoms with van der Waals surface area (Å²) in [6, 6.07) is 10.4. The highest BCUT2D eigenvalue weighted by atomic mass is 16.5. The van der Waals surface area contributed by atoms with Crippen molar-refractivity contribution in [3.63, 3.8) is 0 Å². The summed E-state index contributed by atoms with van der Waals surface area (Å²) in [6.07, 6.45) is 2.09. The first-order chi connectivity index (χ1) is 12.0. The van der Waals surface area contributed by atoms with Gasteiger partial charge in [-0.1, -0.05) is 30.3 Å². The lowest BCUT2D eigenvalue weighted by molar-refractivity contribution is 0.0776. The number of alkyl carbamates (subject to hydrolysis) is 1. The third kappa shape index (κ3) is 5.80. The molecule has 0 bridgehead atoms. The van der Waals surface area contributed by atoms with E-state index in [-0.39, 0.29) is 36.4 Å². The van der Waals surface area contributed by atoms with Gasteiger partial charge in [0.2, 0.25) is 0 Å². The summed E-state index contributed by atoms with van der Waals surface area (Å²) >= 11 is 0. The Morgan fingerprint density at radius 2 is 2.00 bits per heavy atom. The maximum atomic E-state index is 12.3. The first kappa shape index (κ1) is 18.3. The molecule has 2 aromatic rings. The number of ether oxygens (including phenoxy) is 1. The number of benzene rings is 1. The van der Waals surface area contributed by atoms with Crippen molar-refractivity contribution in [2.24, 2.45) is 0 Å². The Kier molecular flexibility index (Phi) is 6.33. The van der Waals surface area contributed by atoms with Crippen molar-refractivity contribution < 1.29 is 19.4 Å². The van der Waals surface area contributed by atoms with Crippen LogP contribution in [0.25, 0.3) is 0 Å². The van der Waals surface area contributed by atoms with E-state index in [2.05, 4.69) is 10.3 Å². The van der Waals surface area contributed by atoms with Crippen molar-refractivity contribution in [1.29, 1.82) is 0 Å². The first-order valence-electron chi connectivity index (χ1n) is 7.82. The summed E-state index contributed by atoms with van der Waals surface area (Å²) in [6.45, 7) is 2.24. The highest BCUT2D eigenvalue weighted by Crippen LogP contribution is 2.10. The Bertz CT molecular complexity index is 721. The fraction of sp³-hybridized carbons (Fsp3) is 0.278. The lowest BCUT2D eigenvalue weighted by Gasteiger charge is -2.22. The van der Waals surface area contributed by atoms with Crippen LogP contribution < -0.4 is 5.32 Å². The summed E-state index contributed by atoms with van der Waals surface area (Å²) < 4.78 is 5.14. The van der Waals surface area contributed by atoms with Gasteiger partial charge in [0.1, 0.15) is 12.4 Å².